The Morgan fingerprint density at radius 2 is 2.15 bits per heavy atom. The second-order valence-electron chi connectivity index (χ2n) is 4.73. The molecule has 1 aromatic rings. The number of carboxylic acid groups (broad SMARTS) is 1. The van der Waals surface area contributed by atoms with Crippen molar-refractivity contribution in [3.63, 3.8) is 0 Å². The van der Waals surface area contributed by atoms with E-state index in [1.165, 1.54) is 17.9 Å². The molecule has 5 nitrogen and oxygen atoms in total. The Morgan fingerprint density at radius 1 is 1.45 bits per heavy atom. The van der Waals surface area contributed by atoms with Crippen molar-refractivity contribution in [1.29, 1.82) is 0 Å². The maximum atomic E-state index is 13.7. The molecule has 1 fully saturated rings. The van der Waals surface area contributed by atoms with Crippen molar-refractivity contribution >= 4 is 11.9 Å². The van der Waals surface area contributed by atoms with Gasteiger partial charge in [0.25, 0.3) is 0 Å². The summed E-state index contributed by atoms with van der Waals surface area (Å²) in [5, 5.41) is 8.87. The Labute approximate surface area is 116 Å². The SMILES string of the molecule is CC(C(=O)O)C(=O)N1CCOC(c2ccccc2F)C1. The molecular formula is C14H16FNO4. The van der Waals surface area contributed by atoms with Crippen molar-refractivity contribution in [2.75, 3.05) is 19.7 Å². The molecule has 1 heterocycles. The van der Waals surface area contributed by atoms with Gasteiger partial charge in [0.1, 0.15) is 17.8 Å². The van der Waals surface area contributed by atoms with Crippen LogP contribution in [-0.2, 0) is 14.3 Å². The Morgan fingerprint density at radius 3 is 2.80 bits per heavy atom. The molecule has 1 amide bonds. The van der Waals surface area contributed by atoms with Crippen molar-refractivity contribution in [3.8, 4) is 0 Å². The van der Waals surface area contributed by atoms with E-state index in [4.69, 9.17) is 9.84 Å². The zero-order valence-electron chi connectivity index (χ0n) is 11.1. The average Bonchev–Trinajstić information content (AvgIpc) is 2.46. The molecule has 2 unspecified atom stereocenters. The third kappa shape index (κ3) is 2.96. The summed E-state index contributed by atoms with van der Waals surface area (Å²) in [5.74, 6) is -3.13. The zero-order valence-corrected chi connectivity index (χ0v) is 11.1. The van der Waals surface area contributed by atoms with Gasteiger partial charge in [0.15, 0.2) is 0 Å². The smallest absolute Gasteiger partial charge is 0.315 e. The predicted molar refractivity (Wildman–Crippen MR) is 68.5 cm³/mol. The monoisotopic (exact) mass is 281 g/mol. The molecule has 108 valence electrons. The second kappa shape index (κ2) is 6.00. The van der Waals surface area contributed by atoms with Gasteiger partial charge in [-0.05, 0) is 13.0 Å². The van der Waals surface area contributed by atoms with E-state index in [1.54, 1.807) is 18.2 Å². The van der Waals surface area contributed by atoms with Crippen LogP contribution in [-0.4, -0.2) is 41.6 Å². The molecule has 0 bridgehead atoms. The fourth-order valence-electron chi connectivity index (χ4n) is 2.15. The van der Waals surface area contributed by atoms with Gasteiger partial charge in [0, 0.05) is 12.1 Å². The first kappa shape index (κ1) is 14.5. The Bertz CT molecular complexity index is 520. The third-order valence-electron chi connectivity index (χ3n) is 3.37. The van der Waals surface area contributed by atoms with E-state index >= 15 is 0 Å². The molecule has 1 N–H and O–H groups in total. The molecule has 0 aliphatic carbocycles. The molecule has 0 radical (unpaired) electrons. The predicted octanol–water partition coefficient (Wildman–Crippen LogP) is 1.45. The van der Waals surface area contributed by atoms with Crippen LogP contribution in [0.3, 0.4) is 0 Å². The zero-order chi connectivity index (χ0) is 14.7. The van der Waals surface area contributed by atoms with Crippen molar-refractivity contribution in [2.45, 2.75) is 13.0 Å². The summed E-state index contributed by atoms with van der Waals surface area (Å²) in [6.45, 7) is 2.09. The fraction of sp³-hybridized carbons (Fsp3) is 0.429. The minimum absolute atomic E-state index is 0.164. The highest BCUT2D eigenvalue weighted by Gasteiger charge is 2.31. The molecule has 0 saturated carbocycles. The topological polar surface area (TPSA) is 66.8 Å². The van der Waals surface area contributed by atoms with Crippen LogP contribution in [0, 0.1) is 11.7 Å². The van der Waals surface area contributed by atoms with E-state index in [-0.39, 0.29) is 13.2 Å². The maximum Gasteiger partial charge on any atom is 0.315 e. The summed E-state index contributed by atoms with van der Waals surface area (Å²) in [4.78, 5) is 24.3. The van der Waals surface area contributed by atoms with Crippen molar-refractivity contribution < 1.29 is 23.8 Å². The van der Waals surface area contributed by atoms with Crippen LogP contribution in [0.25, 0.3) is 0 Å². The summed E-state index contributed by atoms with van der Waals surface area (Å²) < 4.78 is 19.2. The molecule has 1 aliphatic rings. The lowest BCUT2D eigenvalue weighted by Gasteiger charge is -2.34. The first-order valence-electron chi connectivity index (χ1n) is 6.38. The van der Waals surface area contributed by atoms with Gasteiger partial charge in [-0.25, -0.2) is 4.39 Å². The van der Waals surface area contributed by atoms with E-state index in [0.717, 1.165) is 0 Å². The summed E-state index contributed by atoms with van der Waals surface area (Å²) in [7, 11) is 0. The van der Waals surface area contributed by atoms with Crippen LogP contribution in [0.5, 0.6) is 0 Å². The highest BCUT2D eigenvalue weighted by atomic mass is 19.1. The van der Waals surface area contributed by atoms with Crippen LogP contribution in [0.4, 0.5) is 4.39 Å². The Balaban J connectivity index is 2.11. The highest BCUT2D eigenvalue weighted by molar-refractivity contribution is 5.96. The van der Waals surface area contributed by atoms with Crippen LogP contribution >= 0.6 is 0 Å². The van der Waals surface area contributed by atoms with Gasteiger partial charge in [-0.3, -0.25) is 9.59 Å². The number of benzene rings is 1. The molecule has 6 heteroatoms. The lowest BCUT2D eigenvalue weighted by atomic mass is 10.1. The number of hydrogen-bond acceptors (Lipinski definition) is 3. The summed E-state index contributed by atoms with van der Waals surface area (Å²) in [6.07, 6.45) is -0.560. The summed E-state index contributed by atoms with van der Waals surface area (Å²) in [6, 6.07) is 6.22. The van der Waals surface area contributed by atoms with E-state index in [1.807, 2.05) is 0 Å². The number of ether oxygens (including phenoxy) is 1. The number of morpholine rings is 1. The number of rotatable bonds is 3. The first-order chi connectivity index (χ1) is 9.50. The number of hydrogen-bond donors (Lipinski definition) is 1. The standard InChI is InChI=1S/C14H16FNO4/c1-9(14(18)19)13(17)16-6-7-20-12(8-16)10-4-2-3-5-11(10)15/h2-5,9,12H,6-8H2,1H3,(H,18,19). The average molecular weight is 281 g/mol. The molecular weight excluding hydrogens is 265 g/mol. The van der Waals surface area contributed by atoms with E-state index in [9.17, 15) is 14.0 Å². The number of carbonyl (C=O) groups is 2. The van der Waals surface area contributed by atoms with Crippen LogP contribution in [0.1, 0.15) is 18.6 Å². The van der Waals surface area contributed by atoms with Gasteiger partial charge in [0.2, 0.25) is 5.91 Å². The quantitative estimate of drug-likeness (QED) is 0.851. The number of nitrogens with zero attached hydrogens (tertiary/aromatic N) is 1. The normalized spacial score (nSPS) is 20.5. The largest absolute Gasteiger partial charge is 0.481 e. The minimum Gasteiger partial charge on any atom is -0.481 e. The molecule has 0 spiro atoms. The lowest BCUT2D eigenvalue weighted by molar-refractivity contribution is -0.154. The van der Waals surface area contributed by atoms with Crippen molar-refractivity contribution in [1.82, 2.24) is 4.90 Å². The molecule has 2 rings (SSSR count). The van der Waals surface area contributed by atoms with E-state index in [0.29, 0.717) is 12.1 Å². The number of aliphatic carboxylic acids is 1. The lowest BCUT2D eigenvalue weighted by Crippen LogP contribution is -2.46. The molecule has 2 atom stereocenters. The summed E-state index contributed by atoms with van der Waals surface area (Å²) >= 11 is 0. The number of carbonyl (C=O) groups excluding carboxylic acids is 1. The summed E-state index contributed by atoms with van der Waals surface area (Å²) in [5.41, 5.74) is 0.382. The molecule has 1 aliphatic heterocycles. The third-order valence-corrected chi connectivity index (χ3v) is 3.37. The first-order valence-corrected chi connectivity index (χ1v) is 6.38. The molecule has 20 heavy (non-hydrogen) atoms. The van der Waals surface area contributed by atoms with Gasteiger partial charge in [0.05, 0.1) is 13.2 Å². The van der Waals surface area contributed by atoms with Gasteiger partial charge in [-0.15, -0.1) is 0 Å². The van der Waals surface area contributed by atoms with Crippen molar-refractivity contribution in [2.24, 2.45) is 5.92 Å². The number of amides is 1. The number of carboxylic acids is 1. The Hall–Kier alpha value is -1.95. The maximum absolute atomic E-state index is 13.7. The van der Waals surface area contributed by atoms with Gasteiger partial charge in [-0.2, -0.15) is 0 Å². The number of halogens is 1. The minimum atomic E-state index is -1.16. The van der Waals surface area contributed by atoms with Gasteiger partial charge in [-0.1, -0.05) is 18.2 Å². The van der Waals surface area contributed by atoms with Gasteiger partial charge >= 0.3 is 5.97 Å². The van der Waals surface area contributed by atoms with E-state index < -0.39 is 29.7 Å². The Kier molecular flexibility index (Phi) is 4.34. The molecule has 1 aromatic carbocycles. The van der Waals surface area contributed by atoms with Gasteiger partial charge < -0.3 is 14.7 Å². The van der Waals surface area contributed by atoms with Crippen LogP contribution in [0.2, 0.25) is 0 Å². The van der Waals surface area contributed by atoms with E-state index in [2.05, 4.69) is 0 Å². The highest BCUT2D eigenvalue weighted by Crippen LogP contribution is 2.25. The molecule has 1 saturated heterocycles. The second-order valence-corrected chi connectivity index (χ2v) is 4.73. The molecule has 0 aromatic heterocycles. The fourth-order valence-corrected chi connectivity index (χ4v) is 2.15. The van der Waals surface area contributed by atoms with Crippen molar-refractivity contribution in [3.05, 3.63) is 35.6 Å². The van der Waals surface area contributed by atoms with Crippen LogP contribution < -0.4 is 0 Å². The van der Waals surface area contributed by atoms with Crippen LogP contribution in [0.15, 0.2) is 24.3 Å².